The van der Waals surface area contributed by atoms with Gasteiger partial charge in [0.25, 0.3) is 0 Å². The van der Waals surface area contributed by atoms with Crippen molar-refractivity contribution in [3.8, 4) is 5.75 Å². The molecule has 6 nitrogen and oxygen atoms in total. The second-order valence-electron chi connectivity index (χ2n) is 6.70. The molecule has 30 heavy (non-hydrogen) atoms. The van der Waals surface area contributed by atoms with Gasteiger partial charge in [-0.05, 0) is 43.8 Å². The van der Waals surface area contributed by atoms with Gasteiger partial charge in [-0.1, -0.05) is 18.2 Å². The number of para-hydroxylation sites is 1. The van der Waals surface area contributed by atoms with Gasteiger partial charge in [-0.2, -0.15) is 0 Å². The number of thiophene rings is 1. The molecular formula is C22H20N2O4S2. The fourth-order valence-corrected chi connectivity index (χ4v) is 4.67. The number of thiocarbonyl (C=S) groups is 1. The molecule has 0 unspecified atom stereocenters. The predicted octanol–water partition coefficient (Wildman–Crippen LogP) is 5.87. The summed E-state index contributed by atoms with van der Waals surface area (Å²) in [6, 6.07) is 11.6. The summed E-state index contributed by atoms with van der Waals surface area (Å²) in [6.45, 7) is 3.84. The third-order valence-electron chi connectivity index (χ3n) is 4.95. The molecule has 4 aromatic rings. The number of aryl methyl sites for hydroxylation is 1. The van der Waals surface area contributed by atoms with E-state index in [1.165, 1.54) is 18.4 Å². The molecule has 0 aliphatic rings. The molecule has 2 heterocycles. The number of fused-ring (bicyclic) bond motifs is 3. The van der Waals surface area contributed by atoms with Crippen molar-refractivity contribution in [3.05, 3.63) is 52.4 Å². The monoisotopic (exact) mass is 440 g/mol. The van der Waals surface area contributed by atoms with Crippen molar-refractivity contribution in [1.29, 1.82) is 0 Å². The van der Waals surface area contributed by atoms with Gasteiger partial charge in [0.1, 0.15) is 21.9 Å². The largest absolute Gasteiger partial charge is 0.495 e. The van der Waals surface area contributed by atoms with Crippen LogP contribution in [0.1, 0.15) is 20.8 Å². The molecule has 8 heteroatoms. The van der Waals surface area contributed by atoms with Gasteiger partial charge in [-0.15, -0.1) is 11.3 Å². The van der Waals surface area contributed by atoms with E-state index in [9.17, 15) is 4.79 Å². The molecular weight excluding hydrogens is 420 g/mol. The van der Waals surface area contributed by atoms with Gasteiger partial charge in [0, 0.05) is 21.7 Å². The number of hydrogen-bond acceptors (Lipinski definition) is 6. The maximum Gasteiger partial charge on any atom is 0.341 e. The van der Waals surface area contributed by atoms with Crippen LogP contribution >= 0.6 is 23.6 Å². The van der Waals surface area contributed by atoms with Gasteiger partial charge in [0.2, 0.25) is 0 Å². The molecule has 0 atom stereocenters. The van der Waals surface area contributed by atoms with Crippen LogP contribution in [0.4, 0.5) is 10.7 Å². The lowest BCUT2D eigenvalue weighted by atomic mass is 10.1. The van der Waals surface area contributed by atoms with E-state index in [2.05, 4.69) is 10.6 Å². The van der Waals surface area contributed by atoms with E-state index < -0.39 is 5.97 Å². The molecule has 0 spiro atoms. The SMILES string of the molecule is COC(=O)c1c(NC(=S)Nc2cc3oc4ccccc4c3cc2OC)sc(C)c1C. The van der Waals surface area contributed by atoms with Gasteiger partial charge in [-0.25, -0.2) is 4.79 Å². The van der Waals surface area contributed by atoms with Crippen molar-refractivity contribution >= 4 is 67.3 Å². The smallest absolute Gasteiger partial charge is 0.341 e. The van der Waals surface area contributed by atoms with Crippen molar-refractivity contribution in [2.24, 2.45) is 0 Å². The Morgan fingerprint density at radius 1 is 1.07 bits per heavy atom. The van der Waals surface area contributed by atoms with Gasteiger partial charge >= 0.3 is 5.97 Å². The van der Waals surface area contributed by atoms with Gasteiger partial charge < -0.3 is 24.5 Å². The number of furan rings is 1. The molecule has 0 aliphatic heterocycles. The quantitative estimate of drug-likeness (QED) is 0.304. The van der Waals surface area contributed by atoms with Crippen LogP contribution < -0.4 is 15.4 Å². The van der Waals surface area contributed by atoms with E-state index in [0.29, 0.717) is 27.1 Å². The second kappa shape index (κ2) is 7.97. The third kappa shape index (κ3) is 3.48. The highest BCUT2D eigenvalue weighted by Gasteiger charge is 2.21. The van der Waals surface area contributed by atoms with Crippen LogP contribution in [-0.2, 0) is 4.74 Å². The van der Waals surface area contributed by atoms with Crippen LogP contribution in [0, 0.1) is 13.8 Å². The number of rotatable bonds is 4. The minimum absolute atomic E-state index is 0.329. The van der Waals surface area contributed by atoms with Crippen LogP contribution in [0.15, 0.2) is 40.8 Å². The lowest BCUT2D eigenvalue weighted by molar-refractivity contribution is 0.0601. The molecule has 2 aromatic carbocycles. The predicted molar refractivity (Wildman–Crippen MR) is 125 cm³/mol. The first-order valence-corrected chi connectivity index (χ1v) is 10.4. The highest BCUT2D eigenvalue weighted by atomic mass is 32.1. The number of nitrogens with one attached hydrogen (secondary N) is 2. The Morgan fingerprint density at radius 2 is 1.83 bits per heavy atom. The standard InChI is InChI=1S/C22H20N2O4S2/c1-11-12(2)30-20(19(11)21(25)27-4)24-22(29)23-15-10-17-14(9-18(15)26-3)13-7-5-6-8-16(13)28-17/h5-10H,1-4H3,(H2,23,24,29). The number of carbonyl (C=O) groups excluding carboxylic acids is 1. The fraction of sp³-hybridized carbons (Fsp3) is 0.182. The summed E-state index contributed by atoms with van der Waals surface area (Å²) in [5, 5.41) is 9.21. The molecule has 0 amide bonds. The number of hydrogen-bond donors (Lipinski definition) is 2. The molecule has 0 aliphatic carbocycles. The average molecular weight is 441 g/mol. The molecule has 2 N–H and O–H groups in total. The zero-order valence-corrected chi connectivity index (χ0v) is 18.5. The number of esters is 1. The Morgan fingerprint density at radius 3 is 2.57 bits per heavy atom. The summed E-state index contributed by atoms with van der Waals surface area (Å²) in [5.41, 5.74) is 3.55. The molecule has 2 aromatic heterocycles. The van der Waals surface area contributed by atoms with E-state index in [1.54, 1.807) is 7.11 Å². The Labute approximate surface area is 182 Å². The van der Waals surface area contributed by atoms with Gasteiger partial charge in [-0.3, -0.25) is 0 Å². The fourth-order valence-electron chi connectivity index (χ4n) is 3.34. The van der Waals surface area contributed by atoms with Crippen LogP contribution in [0.5, 0.6) is 5.75 Å². The maximum atomic E-state index is 12.2. The van der Waals surface area contributed by atoms with Crippen LogP contribution in [0.25, 0.3) is 21.9 Å². The second-order valence-corrected chi connectivity index (χ2v) is 8.34. The van der Waals surface area contributed by atoms with Crippen molar-refractivity contribution < 1.29 is 18.7 Å². The van der Waals surface area contributed by atoms with Gasteiger partial charge in [0.15, 0.2) is 5.11 Å². The number of ether oxygens (including phenoxy) is 2. The van der Waals surface area contributed by atoms with Crippen molar-refractivity contribution in [1.82, 2.24) is 0 Å². The van der Waals surface area contributed by atoms with E-state index in [4.69, 9.17) is 26.1 Å². The van der Waals surface area contributed by atoms with Gasteiger partial charge in [0.05, 0.1) is 25.5 Å². The molecule has 154 valence electrons. The molecule has 4 rings (SSSR count). The zero-order valence-electron chi connectivity index (χ0n) is 16.9. The Balaban J connectivity index is 1.66. The number of carbonyl (C=O) groups is 1. The normalized spacial score (nSPS) is 10.9. The molecule has 0 radical (unpaired) electrons. The minimum atomic E-state index is -0.400. The highest BCUT2D eigenvalue weighted by molar-refractivity contribution is 7.80. The van der Waals surface area contributed by atoms with Crippen LogP contribution in [0.3, 0.4) is 0 Å². The van der Waals surface area contributed by atoms with E-state index in [1.807, 2.05) is 50.2 Å². The van der Waals surface area contributed by atoms with Crippen LogP contribution in [0.2, 0.25) is 0 Å². The average Bonchev–Trinajstić information content (AvgIpc) is 3.22. The first-order valence-electron chi connectivity index (χ1n) is 9.18. The molecule has 0 saturated heterocycles. The Kier molecular flexibility index (Phi) is 5.36. The zero-order chi connectivity index (χ0) is 21.4. The molecule has 0 saturated carbocycles. The summed E-state index contributed by atoms with van der Waals surface area (Å²) in [5.74, 6) is 0.230. The Hall–Kier alpha value is -3.10. The summed E-state index contributed by atoms with van der Waals surface area (Å²) in [4.78, 5) is 13.2. The van der Waals surface area contributed by atoms with Crippen molar-refractivity contribution in [2.45, 2.75) is 13.8 Å². The topological polar surface area (TPSA) is 72.7 Å². The Bertz CT molecular complexity index is 1290. The summed E-state index contributed by atoms with van der Waals surface area (Å²) < 4.78 is 16.4. The summed E-state index contributed by atoms with van der Waals surface area (Å²) in [6.07, 6.45) is 0. The van der Waals surface area contributed by atoms with Crippen LogP contribution in [-0.4, -0.2) is 25.3 Å². The lowest BCUT2D eigenvalue weighted by Crippen LogP contribution is -2.20. The number of methoxy groups -OCH3 is 2. The molecule has 0 fully saturated rings. The highest BCUT2D eigenvalue weighted by Crippen LogP contribution is 2.37. The minimum Gasteiger partial charge on any atom is -0.495 e. The first-order chi connectivity index (χ1) is 14.4. The third-order valence-corrected chi connectivity index (χ3v) is 6.28. The first kappa shape index (κ1) is 20.2. The lowest BCUT2D eigenvalue weighted by Gasteiger charge is -2.13. The van der Waals surface area contributed by atoms with Crippen molar-refractivity contribution in [3.63, 3.8) is 0 Å². The number of anilines is 2. The van der Waals surface area contributed by atoms with E-state index in [-0.39, 0.29) is 0 Å². The molecule has 0 bridgehead atoms. The summed E-state index contributed by atoms with van der Waals surface area (Å²) in [7, 11) is 2.97. The summed E-state index contributed by atoms with van der Waals surface area (Å²) >= 11 is 6.94. The van der Waals surface area contributed by atoms with Crippen molar-refractivity contribution in [2.75, 3.05) is 24.9 Å². The van der Waals surface area contributed by atoms with E-state index in [0.717, 1.165) is 32.4 Å². The van der Waals surface area contributed by atoms with E-state index >= 15 is 0 Å². The maximum absolute atomic E-state index is 12.2. The number of benzene rings is 2.